The quantitative estimate of drug-likeness (QED) is 0.495. The van der Waals surface area contributed by atoms with E-state index >= 15 is 0 Å². The van der Waals surface area contributed by atoms with Gasteiger partial charge in [0.2, 0.25) is 0 Å². The molecule has 0 spiro atoms. The number of nitrogens with zero attached hydrogens (tertiary/aromatic N) is 6. The summed E-state index contributed by atoms with van der Waals surface area (Å²) in [5.41, 5.74) is 4.85. The summed E-state index contributed by atoms with van der Waals surface area (Å²) in [4.78, 5) is 10.7. The third-order valence-electron chi connectivity index (χ3n) is 4.83. The van der Waals surface area contributed by atoms with Gasteiger partial charge in [0.15, 0.2) is 5.96 Å². The van der Waals surface area contributed by atoms with E-state index in [0.717, 1.165) is 31.3 Å². The maximum Gasteiger partial charge on any atom is 0.193 e. The van der Waals surface area contributed by atoms with Crippen molar-refractivity contribution in [1.82, 2.24) is 29.5 Å². The molecule has 7 nitrogen and oxygen atoms in total. The molecule has 0 saturated carbocycles. The molecule has 2 aromatic heterocycles. The summed E-state index contributed by atoms with van der Waals surface area (Å²) < 4.78 is 3.96. The number of nitrogens with one attached hydrogen (secondary N) is 1. The maximum atomic E-state index is 4.61. The molecular weight excluding hydrogens is 362 g/mol. The van der Waals surface area contributed by atoms with Crippen LogP contribution in [0.4, 0.5) is 0 Å². The molecule has 0 fully saturated rings. The second-order valence-corrected chi connectivity index (χ2v) is 7.68. The Hall–Kier alpha value is -3.09. The van der Waals surface area contributed by atoms with Crippen molar-refractivity contribution in [2.45, 2.75) is 39.4 Å². The van der Waals surface area contributed by atoms with Crippen LogP contribution in [0.2, 0.25) is 0 Å². The molecule has 1 aromatic carbocycles. The molecule has 0 unspecified atom stereocenters. The fourth-order valence-electron chi connectivity index (χ4n) is 3.49. The molecular formula is C22H31N7. The lowest BCUT2D eigenvalue weighted by Crippen LogP contribution is -2.38. The average Bonchev–Trinajstić information content (AvgIpc) is 3.32. The van der Waals surface area contributed by atoms with Crippen LogP contribution < -0.4 is 5.32 Å². The number of rotatable bonds is 7. The van der Waals surface area contributed by atoms with Gasteiger partial charge in [0.25, 0.3) is 0 Å². The molecule has 0 aliphatic rings. The fraction of sp³-hybridized carbons (Fsp3) is 0.409. The van der Waals surface area contributed by atoms with Gasteiger partial charge in [-0.1, -0.05) is 38.1 Å². The minimum absolute atomic E-state index is 0.396. The fourth-order valence-corrected chi connectivity index (χ4v) is 3.49. The van der Waals surface area contributed by atoms with Gasteiger partial charge >= 0.3 is 0 Å². The van der Waals surface area contributed by atoms with Crippen molar-refractivity contribution < 1.29 is 0 Å². The van der Waals surface area contributed by atoms with Crippen LogP contribution in [0, 0.1) is 0 Å². The van der Waals surface area contributed by atoms with Crippen LogP contribution in [0.25, 0.3) is 0 Å². The second-order valence-electron chi connectivity index (χ2n) is 7.68. The predicted molar refractivity (Wildman–Crippen MR) is 117 cm³/mol. The van der Waals surface area contributed by atoms with Crippen molar-refractivity contribution in [3.63, 3.8) is 0 Å². The van der Waals surface area contributed by atoms with E-state index in [-0.39, 0.29) is 0 Å². The van der Waals surface area contributed by atoms with Gasteiger partial charge < -0.3 is 14.8 Å². The molecule has 0 radical (unpaired) electrons. The van der Waals surface area contributed by atoms with Crippen LogP contribution >= 0.6 is 0 Å². The van der Waals surface area contributed by atoms with Crippen molar-refractivity contribution in [3.05, 3.63) is 71.6 Å². The van der Waals surface area contributed by atoms with Crippen LogP contribution in [0.15, 0.2) is 54.2 Å². The van der Waals surface area contributed by atoms with Crippen molar-refractivity contribution in [1.29, 1.82) is 0 Å². The summed E-state index contributed by atoms with van der Waals surface area (Å²) in [6.07, 6.45) is 7.72. The first-order chi connectivity index (χ1) is 14.0. The lowest BCUT2D eigenvalue weighted by Gasteiger charge is -2.22. The Morgan fingerprint density at radius 1 is 1.28 bits per heavy atom. The normalized spacial score (nSPS) is 11.9. The van der Waals surface area contributed by atoms with Crippen LogP contribution in [0.1, 0.15) is 42.1 Å². The molecule has 0 saturated heterocycles. The first-order valence-corrected chi connectivity index (χ1v) is 9.94. The van der Waals surface area contributed by atoms with Crippen molar-refractivity contribution in [3.8, 4) is 0 Å². The molecule has 0 amide bonds. The standard InChI is InChI=1S/C22H31N7/c1-17(2)21-20(15-28(5)26-21)14-27(4)22(23-3)25-12-18-7-6-8-19(11-18)13-29-10-9-24-16-29/h6-11,15-17H,12-14H2,1-5H3,(H,23,25). The molecule has 1 N–H and O–H groups in total. The second kappa shape index (κ2) is 9.41. The van der Waals surface area contributed by atoms with E-state index in [1.54, 1.807) is 6.20 Å². The highest BCUT2D eigenvalue weighted by Crippen LogP contribution is 2.18. The Labute approximate surface area is 173 Å². The highest BCUT2D eigenvalue weighted by Gasteiger charge is 2.15. The minimum atomic E-state index is 0.396. The molecule has 154 valence electrons. The van der Waals surface area contributed by atoms with Gasteiger partial charge in [-0.2, -0.15) is 5.10 Å². The number of imidazole rings is 1. The Bertz CT molecular complexity index is 938. The monoisotopic (exact) mass is 393 g/mol. The minimum Gasteiger partial charge on any atom is -0.352 e. The zero-order valence-electron chi connectivity index (χ0n) is 18.0. The van der Waals surface area contributed by atoms with E-state index in [2.05, 4.69) is 81.2 Å². The summed E-state index contributed by atoms with van der Waals surface area (Å²) in [5.74, 6) is 1.26. The summed E-state index contributed by atoms with van der Waals surface area (Å²) >= 11 is 0. The largest absolute Gasteiger partial charge is 0.352 e. The van der Waals surface area contributed by atoms with E-state index in [1.807, 2.05) is 31.3 Å². The van der Waals surface area contributed by atoms with E-state index < -0.39 is 0 Å². The highest BCUT2D eigenvalue weighted by molar-refractivity contribution is 5.79. The van der Waals surface area contributed by atoms with Crippen LogP contribution in [-0.2, 0) is 26.7 Å². The molecule has 0 aliphatic heterocycles. The van der Waals surface area contributed by atoms with E-state index in [1.165, 1.54) is 16.7 Å². The van der Waals surface area contributed by atoms with Gasteiger partial charge in [0.1, 0.15) is 0 Å². The number of benzene rings is 1. The SMILES string of the molecule is CN=C(NCc1cccc(Cn2ccnc2)c1)N(C)Cc1cn(C)nc1C(C)C. The van der Waals surface area contributed by atoms with Crippen molar-refractivity contribution in [2.75, 3.05) is 14.1 Å². The number of hydrogen-bond acceptors (Lipinski definition) is 3. The molecule has 0 atom stereocenters. The Balaban J connectivity index is 1.62. The van der Waals surface area contributed by atoms with Gasteiger partial charge in [0, 0.05) is 64.9 Å². The molecule has 3 aromatic rings. The van der Waals surface area contributed by atoms with Gasteiger partial charge in [-0.3, -0.25) is 9.67 Å². The Morgan fingerprint density at radius 3 is 2.76 bits per heavy atom. The first-order valence-electron chi connectivity index (χ1n) is 9.94. The first kappa shape index (κ1) is 20.6. The number of hydrogen-bond donors (Lipinski definition) is 1. The lowest BCUT2D eigenvalue weighted by atomic mass is 10.1. The number of aliphatic imine (C=N–C) groups is 1. The van der Waals surface area contributed by atoms with E-state index in [9.17, 15) is 0 Å². The molecule has 7 heteroatoms. The third kappa shape index (κ3) is 5.47. The smallest absolute Gasteiger partial charge is 0.193 e. The number of guanidine groups is 1. The Morgan fingerprint density at radius 2 is 2.07 bits per heavy atom. The number of aryl methyl sites for hydroxylation is 1. The predicted octanol–water partition coefficient (Wildman–Crippen LogP) is 3.00. The van der Waals surface area contributed by atoms with Gasteiger partial charge in [-0.05, 0) is 17.0 Å². The number of aromatic nitrogens is 4. The summed E-state index contributed by atoms with van der Waals surface area (Å²) in [7, 11) is 5.85. The van der Waals surface area contributed by atoms with E-state index in [4.69, 9.17) is 0 Å². The molecule has 0 aliphatic carbocycles. The van der Waals surface area contributed by atoms with E-state index in [0.29, 0.717) is 5.92 Å². The van der Waals surface area contributed by atoms with Crippen LogP contribution in [-0.4, -0.2) is 44.3 Å². The molecule has 29 heavy (non-hydrogen) atoms. The summed E-state index contributed by atoms with van der Waals surface area (Å²) in [6.45, 7) is 6.66. The zero-order valence-corrected chi connectivity index (χ0v) is 18.0. The highest BCUT2D eigenvalue weighted by atomic mass is 15.3. The van der Waals surface area contributed by atoms with Crippen LogP contribution in [0.5, 0.6) is 0 Å². The Kier molecular flexibility index (Phi) is 6.69. The third-order valence-corrected chi connectivity index (χ3v) is 4.83. The van der Waals surface area contributed by atoms with Gasteiger partial charge in [-0.25, -0.2) is 4.98 Å². The van der Waals surface area contributed by atoms with Crippen molar-refractivity contribution in [2.24, 2.45) is 12.0 Å². The van der Waals surface area contributed by atoms with Gasteiger partial charge in [0.05, 0.1) is 12.0 Å². The molecule has 0 bridgehead atoms. The lowest BCUT2D eigenvalue weighted by molar-refractivity contribution is 0.473. The summed E-state index contributed by atoms with van der Waals surface area (Å²) in [6, 6.07) is 8.59. The summed E-state index contributed by atoms with van der Waals surface area (Å²) in [5, 5.41) is 8.08. The molecule has 2 heterocycles. The van der Waals surface area contributed by atoms with Crippen LogP contribution in [0.3, 0.4) is 0 Å². The maximum absolute atomic E-state index is 4.61. The molecule has 3 rings (SSSR count). The van der Waals surface area contributed by atoms with Crippen molar-refractivity contribution >= 4 is 5.96 Å². The van der Waals surface area contributed by atoms with Gasteiger partial charge in [-0.15, -0.1) is 0 Å². The zero-order chi connectivity index (χ0) is 20.8. The average molecular weight is 394 g/mol. The topological polar surface area (TPSA) is 63.3 Å².